The molecule has 0 aliphatic heterocycles. The molecule has 3 aromatic rings. The topological polar surface area (TPSA) is 69.7 Å². The van der Waals surface area contributed by atoms with Gasteiger partial charge in [-0.3, -0.25) is 0 Å². The molecule has 6 nitrogen and oxygen atoms in total. The van der Waals surface area contributed by atoms with Crippen molar-refractivity contribution in [3.8, 4) is 0 Å². The lowest BCUT2D eigenvalue weighted by Crippen LogP contribution is -2.09. The molecule has 3 rings (SSSR count). The number of H-pyrrole nitrogens is 1. The highest BCUT2D eigenvalue weighted by molar-refractivity contribution is 7.12. The number of imidazole rings is 1. The number of aromatic nitrogens is 4. The molecule has 0 aliphatic carbocycles. The number of hydrogen-bond acceptors (Lipinski definition) is 6. The molecule has 110 valence electrons. The molecule has 3 aromatic heterocycles. The van der Waals surface area contributed by atoms with Crippen LogP contribution < -0.4 is 5.32 Å². The van der Waals surface area contributed by atoms with Crippen molar-refractivity contribution < 1.29 is 0 Å². The number of rotatable bonds is 5. The number of nitrogens with zero attached hydrogens (tertiary/aromatic N) is 4. The van der Waals surface area contributed by atoms with Crippen molar-refractivity contribution >= 4 is 39.9 Å². The van der Waals surface area contributed by atoms with Crippen molar-refractivity contribution in [3.05, 3.63) is 33.5 Å². The van der Waals surface area contributed by atoms with Gasteiger partial charge in [-0.15, -0.1) is 11.3 Å². The molecule has 0 bridgehead atoms. The van der Waals surface area contributed by atoms with Gasteiger partial charge in [-0.2, -0.15) is 9.97 Å². The van der Waals surface area contributed by atoms with Gasteiger partial charge in [0.1, 0.15) is 5.52 Å². The predicted molar refractivity (Wildman–Crippen MR) is 85.7 cm³/mol. The SMILES string of the molecule is CN(C)Cc1ccc(CNc2nc(Cl)nc3nc[nH]c23)s1. The first-order valence-corrected chi connectivity index (χ1v) is 7.64. The second-order valence-corrected chi connectivity index (χ2v) is 6.49. The zero-order chi connectivity index (χ0) is 14.8. The molecule has 0 fully saturated rings. The molecule has 0 saturated carbocycles. The Kier molecular flexibility index (Phi) is 4.05. The number of thiophene rings is 1. The van der Waals surface area contributed by atoms with E-state index in [9.17, 15) is 0 Å². The van der Waals surface area contributed by atoms with Gasteiger partial charge in [0.15, 0.2) is 11.5 Å². The summed E-state index contributed by atoms with van der Waals surface area (Å²) in [4.78, 5) is 20.1. The van der Waals surface area contributed by atoms with E-state index in [-0.39, 0.29) is 5.28 Å². The van der Waals surface area contributed by atoms with Crippen molar-refractivity contribution in [3.63, 3.8) is 0 Å². The van der Waals surface area contributed by atoms with Gasteiger partial charge in [0.2, 0.25) is 5.28 Å². The van der Waals surface area contributed by atoms with Crippen LogP contribution in [0.25, 0.3) is 11.2 Å². The Morgan fingerprint density at radius 2 is 2.10 bits per heavy atom. The lowest BCUT2D eigenvalue weighted by atomic mass is 10.4. The zero-order valence-electron chi connectivity index (χ0n) is 11.7. The van der Waals surface area contributed by atoms with Crippen molar-refractivity contribution in [1.29, 1.82) is 0 Å². The van der Waals surface area contributed by atoms with E-state index in [1.54, 1.807) is 17.7 Å². The summed E-state index contributed by atoms with van der Waals surface area (Å²) in [5.41, 5.74) is 1.33. The van der Waals surface area contributed by atoms with Crippen LogP contribution in [0.5, 0.6) is 0 Å². The Morgan fingerprint density at radius 3 is 2.90 bits per heavy atom. The van der Waals surface area contributed by atoms with E-state index < -0.39 is 0 Å². The van der Waals surface area contributed by atoms with Crippen LogP contribution in [0, 0.1) is 0 Å². The van der Waals surface area contributed by atoms with Crippen LogP contribution in [0.4, 0.5) is 5.82 Å². The van der Waals surface area contributed by atoms with Crippen LogP contribution >= 0.6 is 22.9 Å². The van der Waals surface area contributed by atoms with Crippen molar-refractivity contribution in [2.75, 3.05) is 19.4 Å². The summed E-state index contributed by atoms with van der Waals surface area (Å²) < 4.78 is 0. The quantitative estimate of drug-likeness (QED) is 0.707. The lowest BCUT2D eigenvalue weighted by molar-refractivity contribution is 0.406. The standard InChI is InChI=1S/C13H15ClN6S/c1-20(2)6-9-4-3-8(21-9)5-15-11-10-12(17-7-16-10)19-13(14)18-11/h3-4,7H,5-6H2,1-2H3,(H2,15,16,17,18,19). The minimum atomic E-state index is 0.191. The Balaban J connectivity index is 1.74. The Hall–Kier alpha value is -1.70. The van der Waals surface area contributed by atoms with Gasteiger partial charge in [0, 0.05) is 16.3 Å². The molecule has 0 radical (unpaired) electrons. The van der Waals surface area contributed by atoms with Crippen molar-refractivity contribution in [1.82, 2.24) is 24.8 Å². The zero-order valence-corrected chi connectivity index (χ0v) is 13.3. The largest absolute Gasteiger partial charge is 0.363 e. The number of fused-ring (bicyclic) bond motifs is 1. The van der Waals surface area contributed by atoms with Crippen LogP contribution in [-0.2, 0) is 13.1 Å². The van der Waals surface area contributed by atoms with E-state index in [1.807, 2.05) is 0 Å². The van der Waals surface area contributed by atoms with Crippen molar-refractivity contribution in [2.45, 2.75) is 13.1 Å². The average molecular weight is 323 g/mol. The molecule has 0 spiro atoms. The molecule has 2 N–H and O–H groups in total. The highest BCUT2D eigenvalue weighted by Gasteiger charge is 2.09. The Morgan fingerprint density at radius 1 is 1.29 bits per heavy atom. The van der Waals surface area contributed by atoms with Crippen LogP contribution in [0.1, 0.15) is 9.75 Å². The summed E-state index contributed by atoms with van der Waals surface area (Å²) in [6.45, 7) is 1.65. The van der Waals surface area contributed by atoms with Gasteiger partial charge in [0.25, 0.3) is 0 Å². The molecule has 0 aliphatic rings. The molecular weight excluding hydrogens is 308 g/mol. The first kappa shape index (κ1) is 14.2. The van der Waals surface area contributed by atoms with Gasteiger partial charge in [-0.05, 0) is 37.8 Å². The molecule has 0 saturated heterocycles. The van der Waals surface area contributed by atoms with Gasteiger partial charge < -0.3 is 15.2 Å². The number of halogens is 1. The maximum absolute atomic E-state index is 5.90. The average Bonchev–Trinajstić information content (AvgIpc) is 3.04. The third kappa shape index (κ3) is 3.31. The minimum absolute atomic E-state index is 0.191. The third-order valence-electron chi connectivity index (χ3n) is 2.88. The van der Waals surface area contributed by atoms with E-state index >= 15 is 0 Å². The molecule has 8 heteroatoms. The number of nitrogens with one attached hydrogen (secondary N) is 2. The van der Waals surface area contributed by atoms with E-state index in [0.717, 1.165) is 12.1 Å². The predicted octanol–water partition coefficient (Wildman–Crippen LogP) is 2.74. The van der Waals surface area contributed by atoms with Crippen LogP contribution in [-0.4, -0.2) is 38.9 Å². The maximum atomic E-state index is 5.90. The second-order valence-electron chi connectivity index (χ2n) is 4.90. The van der Waals surface area contributed by atoms with Gasteiger partial charge >= 0.3 is 0 Å². The summed E-state index contributed by atoms with van der Waals surface area (Å²) in [6.07, 6.45) is 1.58. The summed E-state index contributed by atoms with van der Waals surface area (Å²) in [5.74, 6) is 0.671. The smallest absolute Gasteiger partial charge is 0.226 e. The van der Waals surface area contributed by atoms with Crippen LogP contribution in [0.15, 0.2) is 18.5 Å². The van der Waals surface area contributed by atoms with Gasteiger partial charge in [-0.1, -0.05) is 0 Å². The molecule has 0 unspecified atom stereocenters. The molecule has 0 aromatic carbocycles. The lowest BCUT2D eigenvalue weighted by Gasteiger charge is -2.06. The summed E-state index contributed by atoms with van der Waals surface area (Å²) in [6, 6.07) is 4.28. The number of aromatic amines is 1. The van der Waals surface area contributed by atoms with Gasteiger partial charge in [0.05, 0.1) is 12.9 Å². The summed E-state index contributed by atoms with van der Waals surface area (Å²) in [7, 11) is 4.13. The second kappa shape index (κ2) is 5.97. The summed E-state index contributed by atoms with van der Waals surface area (Å²) >= 11 is 7.69. The van der Waals surface area contributed by atoms with E-state index in [1.165, 1.54) is 9.75 Å². The van der Waals surface area contributed by atoms with Crippen molar-refractivity contribution in [2.24, 2.45) is 0 Å². The van der Waals surface area contributed by atoms with E-state index in [2.05, 4.69) is 56.4 Å². The van der Waals surface area contributed by atoms with E-state index in [4.69, 9.17) is 11.6 Å². The molecule has 0 amide bonds. The minimum Gasteiger partial charge on any atom is -0.363 e. The molecule has 21 heavy (non-hydrogen) atoms. The fourth-order valence-electron chi connectivity index (χ4n) is 2.02. The molecule has 3 heterocycles. The number of anilines is 1. The molecular formula is C13H15ClN6S. The fraction of sp³-hybridized carbons (Fsp3) is 0.308. The highest BCUT2D eigenvalue weighted by atomic mass is 35.5. The normalized spacial score (nSPS) is 11.4. The Labute approximate surface area is 131 Å². The third-order valence-corrected chi connectivity index (χ3v) is 4.12. The first-order chi connectivity index (χ1) is 10.1. The first-order valence-electron chi connectivity index (χ1n) is 6.44. The molecule has 0 atom stereocenters. The Bertz CT molecular complexity index is 750. The van der Waals surface area contributed by atoms with Gasteiger partial charge in [-0.25, -0.2) is 4.98 Å². The maximum Gasteiger partial charge on any atom is 0.226 e. The van der Waals surface area contributed by atoms with Crippen LogP contribution in [0.2, 0.25) is 5.28 Å². The van der Waals surface area contributed by atoms with E-state index in [0.29, 0.717) is 18.0 Å². The highest BCUT2D eigenvalue weighted by Crippen LogP contribution is 2.22. The monoisotopic (exact) mass is 322 g/mol. The summed E-state index contributed by atoms with van der Waals surface area (Å²) in [5, 5.41) is 3.48. The number of hydrogen-bond donors (Lipinski definition) is 2. The fourth-order valence-corrected chi connectivity index (χ4v) is 3.26. The van der Waals surface area contributed by atoms with Crippen LogP contribution in [0.3, 0.4) is 0 Å².